The zero-order valence-corrected chi connectivity index (χ0v) is 8.26. The second-order valence-corrected chi connectivity index (χ2v) is 4.46. The molecule has 0 amide bonds. The maximum absolute atomic E-state index is 10.8. The van der Waals surface area contributed by atoms with Crippen LogP contribution in [-0.2, 0) is 4.57 Å². The third kappa shape index (κ3) is 2.49. The minimum absolute atomic E-state index is 0.288. The molecule has 1 rings (SSSR count). The summed E-state index contributed by atoms with van der Waals surface area (Å²) in [7, 11) is -4.32. The summed E-state index contributed by atoms with van der Waals surface area (Å²) in [6, 6.07) is 2.32. The van der Waals surface area contributed by atoms with Crippen molar-refractivity contribution >= 4 is 7.60 Å². The van der Waals surface area contributed by atoms with E-state index in [1.165, 1.54) is 12.4 Å². The van der Waals surface area contributed by atoms with Crippen LogP contribution >= 0.6 is 7.60 Å². The Morgan fingerprint density at radius 1 is 1.50 bits per heavy atom. The molecule has 1 aromatic heterocycles. The van der Waals surface area contributed by atoms with Crippen LogP contribution in [0.15, 0.2) is 36.4 Å². The highest BCUT2D eigenvalue weighted by molar-refractivity contribution is 7.56. The second kappa shape index (κ2) is 4.02. The molecular weight excluding hydrogens is 203 g/mol. The van der Waals surface area contributed by atoms with Crippen molar-refractivity contribution in [2.75, 3.05) is 0 Å². The summed E-state index contributed by atoms with van der Waals surface area (Å²) >= 11 is 0. The molecule has 6 heteroatoms. The lowest BCUT2D eigenvalue weighted by Crippen LogP contribution is -2.12. The predicted molar refractivity (Wildman–Crippen MR) is 52.3 cm³/mol. The lowest BCUT2D eigenvalue weighted by atomic mass is 10.1. The van der Waals surface area contributed by atoms with Crippen LogP contribution in [0.5, 0.6) is 0 Å². The van der Waals surface area contributed by atoms with E-state index in [0.717, 1.165) is 0 Å². The van der Waals surface area contributed by atoms with Gasteiger partial charge in [-0.2, -0.15) is 0 Å². The lowest BCUT2D eigenvalue weighted by Gasteiger charge is -2.15. The first kappa shape index (κ1) is 11.1. The van der Waals surface area contributed by atoms with Gasteiger partial charge in [-0.1, -0.05) is 6.58 Å². The Balaban J connectivity index is 2.93. The van der Waals surface area contributed by atoms with Crippen molar-refractivity contribution in [3.8, 4) is 0 Å². The molecule has 0 bridgehead atoms. The van der Waals surface area contributed by atoms with E-state index in [-0.39, 0.29) is 5.31 Å². The molecule has 0 aliphatic heterocycles. The largest absolute Gasteiger partial charge is 0.353 e. The normalized spacial score (nSPS) is 13.6. The Labute approximate surface area is 81.4 Å². The van der Waals surface area contributed by atoms with E-state index in [2.05, 4.69) is 11.6 Å². The van der Waals surface area contributed by atoms with Gasteiger partial charge in [0.2, 0.25) is 0 Å². The Morgan fingerprint density at radius 2 is 2.00 bits per heavy atom. The molecule has 0 radical (unpaired) electrons. The molecule has 1 heterocycles. The Bertz CT molecular complexity index is 373. The fourth-order valence-electron chi connectivity index (χ4n) is 0.944. The number of hydrogen-bond acceptors (Lipinski definition) is 3. The first-order chi connectivity index (χ1) is 6.43. The van der Waals surface area contributed by atoms with Crippen LogP contribution in [0.4, 0.5) is 0 Å². The molecule has 4 N–H and O–H groups in total. The van der Waals surface area contributed by atoms with Gasteiger partial charge in [0.15, 0.2) is 0 Å². The second-order valence-electron chi connectivity index (χ2n) is 2.79. The average molecular weight is 214 g/mol. The van der Waals surface area contributed by atoms with Gasteiger partial charge < -0.3 is 15.5 Å². The van der Waals surface area contributed by atoms with Crippen LogP contribution in [-0.4, -0.2) is 14.8 Å². The molecule has 5 nitrogen and oxygen atoms in total. The smallest absolute Gasteiger partial charge is 0.321 e. The van der Waals surface area contributed by atoms with Crippen molar-refractivity contribution < 1.29 is 14.4 Å². The first-order valence-corrected chi connectivity index (χ1v) is 5.44. The van der Waals surface area contributed by atoms with E-state index in [9.17, 15) is 4.57 Å². The molecule has 0 saturated heterocycles. The zero-order chi connectivity index (χ0) is 10.8. The summed E-state index contributed by atoms with van der Waals surface area (Å²) in [6.45, 7) is 3.29. The van der Waals surface area contributed by atoms with Crippen molar-refractivity contribution in [1.29, 1.82) is 0 Å². The number of aromatic nitrogens is 1. The molecule has 0 spiro atoms. The topological polar surface area (TPSA) is 96.4 Å². The summed E-state index contributed by atoms with van der Waals surface area (Å²) in [5, 5.41) is -0.288. The van der Waals surface area contributed by atoms with E-state index in [1.807, 2.05) is 0 Å². The van der Waals surface area contributed by atoms with Gasteiger partial charge >= 0.3 is 7.60 Å². The Morgan fingerprint density at radius 3 is 2.43 bits per heavy atom. The van der Waals surface area contributed by atoms with Crippen molar-refractivity contribution in [3.05, 3.63) is 42.0 Å². The highest BCUT2D eigenvalue weighted by Gasteiger charge is 2.25. The van der Waals surface area contributed by atoms with Gasteiger partial charge in [-0.25, -0.2) is 0 Å². The van der Waals surface area contributed by atoms with Crippen LogP contribution in [0.2, 0.25) is 0 Å². The molecule has 0 fully saturated rings. The predicted octanol–water partition coefficient (Wildman–Crippen LogP) is 0.773. The molecule has 0 aliphatic carbocycles. The third-order valence-electron chi connectivity index (χ3n) is 1.80. The van der Waals surface area contributed by atoms with Crippen LogP contribution in [0.25, 0.3) is 0 Å². The molecule has 1 aromatic rings. The Kier molecular flexibility index (Phi) is 3.18. The SMILES string of the molecule is C=C(C(N)c1ccncc1)P(=O)(O)O. The van der Waals surface area contributed by atoms with Crippen LogP contribution in [0.1, 0.15) is 11.6 Å². The van der Waals surface area contributed by atoms with Crippen molar-refractivity contribution in [3.63, 3.8) is 0 Å². The van der Waals surface area contributed by atoms with Gasteiger partial charge in [0.05, 0.1) is 11.4 Å². The molecule has 14 heavy (non-hydrogen) atoms. The highest BCUT2D eigenvalue weighted by Crippen LogP contribution is 2.48. The first-order valence-electron chi connectivity index (χ1n) is 3.83. The number of nitrogens with two attached hydrogens (primary N) is 1. The van der Waals surface area contributed by atoms with Crippen LogP contribution in [0.3, 0.4) is 0 Å². The van der Waals surface area contributed by atoms with Gasteiger partial charge in [0.25, 0.3) is 0 Å². The van der Waals surface area contributed by atoms with E-state index < -0.39 is 13.6 Å². The average Bonchev–Trinajstić information content (AvgIpc) is 2.15. The minimum Gasteiger partial charge on any atom is -0.321 e. The van der Waals surface area contributed by atoms with E-state index >= 15 is 0 Å². The molecule has 76 valence electrons. The van der Waals surface area contributed by atoms with E-state index in [4.69, 9.17) is 15.5 Å². The highest BCUT2D eigenvalue weighted by atomic mass is 31.2. The quantitative estimate of drug-likeness (QED) is 0.646. The molecular formula is C8H11N2O3P. The molecule has 1 unspecified atom stereocenters. The zero-order valence-electron chi connectivity index (χ0n) is 7.37. The van der Waals surface area contributed by atoms with Crippen LogP contribution < -0.4 is 5.73 Å². The summed E-state index contributed by atoms with van der Waals surface area (Å²) < 4.78 is 10.8. The van der Waals surface area contributed by atoms with Gasteiger partial charge in [-0.05, 0) is 17.7 Å². The fourth-order valence-corrected chi connectivity index (χ4v) is 1.46. The molecule has 1 atom stereocenters. The summed E-state index contributed by atoms with van der Waals surface area (Å²) in [5.41, 5.74) is 6.18. The minimum atomic E-state index is -4.32. The fraction of sp³-hybridized carbons (Fsp3) is 0.125. The maximum Gasteiger partial charge on any atom is 0.353 e. The number of hydrogen-bond donors (Lipinski definition) is 3. The van der Waals surface area contributed by atoms with Gasteiger partial charge in [-0.3, -0.25) is 9.55 Å². The summed E-state index contributed by atoms with van der Waals surface area (Å²) in [4.78, 5) is 21.4. The molecule has 0 aromatic carbocycles. The number of pyridine rings is 1. The molecule has 0 saturated carbocycles. The van der Waals surface area contributed by atoms with E-state index in [0.29, 0.717) is 5.56 Å². The molecule has 0 aliphatic rings. The maximum atomic E-state index is 10.8. The van der Waals surface area contributed by atoms with Gasteiger partial charge in [-0.15, -0.1) is 0 Å². The number of rotatable bonds is 3. The van der Waals surface area contributed by atoms with Crippen molar-refractivity contribution in [2.24, 2.45) is 5.73 Å². The third-order valence-corrected chi connectivity index (χ3v) is 2.82. The van der Waals surface area contributed by atoms with E-state index in [1.54, 1.807) is 12.1 Å². The summed E-state index contributed by atoms with van der Waals surface area (Å²) in [6.07, 6.45) is 3.00. The number of nitrogens with zero attached hydrogens (tertiary/aromatic N) is 1. The lowest BCUT2D eigenvalue weighted by molar-refractivity contribution is 0.379. The van der Waals surface area contributed by atoms with Crippen LogP contribution in [0, 0.1) is 0 Å². The van der Waals surface area contributed by atoms with Gasteiger partial charge in [0, 0.05) is 12.4 Å². The Hall–Kier alpha value is -1.00. The van der Waals surface area contributed by atoms with Gasteiger partial charge in [0.1, 0.15) is 0 Å². The standard InChI is InChI=1S/C8H11N2O3P/c1-6(14(11,12)13)8(9)7-2-4-10-5-3-7/h2-5,8H,1,9H2,(H2,11,12,13). The van der Waals surface area contributed by atoms with Crippen molar-refractivity contribution in [1.82, 2.24) is 4.98 Å². The van der Waals surface area contributed by atoms with Crippen molar-refractivity contribution in [2.45, 2.75) is 6.04 Å². The monoisotopic (exact) mass is 214 g/mol. The summed E-state index contributed by atoms with van der Waals surface area (Å²) in [5.74, 6) is 0.